The Kier molecular flexibility index (Phi) is 13.7. The van der Waals surface area contributed by atoms with Crippen molar-refractivity contribution in [2.75, 3.05) is 27.7 Å². The number of Topliss-reactive ketones (excluding diaryl/α,β-unsaturated/α-hetero) is 2. The van der Waals surface area contributed by atoms with Crippen LogP contribution in [-0.2, 0) is 38.1 Å². The van der Waals surface area contributed by atoms with Crippen LogP contribution in [0.4, 0.5) is 4.79 Å². The molecular weight excluding hydrogens is 741 g/mol. The molecule has 14 nitrogen and oxygen atoms in total. The highest BCUT2D eigenvalue weighted by Gasteiger charge is 2.57. The van der Waals surface area contributed by atoms with Crippen molar-refractivity contribution in [2.24, 2.45) is 23.7 Å². The van der Waals surface area contributed by atoms with Gasteiger partial charge in [-0.05, 0) is 73.2 Å². The molecule has 3 saturated heterocycles. The molecule has 310 valence electrons. The van der Waals surface area contributed by atoms with Gasteiger partial charge in [-0.2, -0.15) is 0 Å². The van der Waals surface area contributed by atoms with Crippen LogP contribution in [-0.4, -0.2) is 120 Å². The normalized spacial score (nSPS) is 39.6. The second kappa shape index (κ2) is 17.5. The predicted octanol–water partition coefficient (Wildman–Crippen LogP) is 3.97. The highest BCUT2D eigenvalue weighted by atomic mass is 32.1. The van der Waals surface area contributed by atoms with Crippen LogP contribution in [0.3, 0.4) is 0 Å². The molecule has 14 atom stereocenters. The van der Waals surface area contributed by atoms with Gasteiger partial charge in [0.2, 0.25) is 0 Å². The number of hydrogen-bond acceptors (Lipinski definition) is 14. The van der Waals surface area contributed by atoms with Crippen LogP contribution in [0, 0.1) is 35.5 Å². The summed E-state index contributed by atoms with van der Waals surface area (Å²) in [7, 11) is 5.73. The molecule has 4 aliphatic heterocycles. The number of ketones is 2. The number of alkyl carbamates (subject to hydrolysis) is 1. The van der Waals surface area contributed by atoms with Gasteiger partial charge >= 0.3 is 12.1 Å². The molecule has 3 fully saturated rings. The number of hydrogen-bond donors (Lipinski definition) is 3. The molecule has 0 aromatic carbocycles. The Balaban J connectivity index is 1.54. The number of carbonyl (C=O) groups is 4. The number of nitrogens with one attached hydrogen (secondary N) is 2. The molecule has 0 aliphatic carbocycles. The number of esters is 1. The fraction of sp³-hybridized carbons (Fsp3) is 0.707. The summed E-state index contributed by atoms with van der Waals surface area (Å²) in [6.07, 6.45) is -0.565. The summed E-state index contributed by atoms with van der Waals surface area (Å²) in [5.74, 6) is 1.12. The first-order chi connectivity index (χ1) is 26.3. The molecule has 56 heavy (non-hydrogen) atoms. The molecule has 0 saturated carbocycles. The maximum atomic E-state index is 14.4. The van der Waals surface area contributed by atoms with Gasteiger partial charge in [-0.1, -0.05) is 39.5 Å². The van der Waals surface area contributed by atoms with Gasteiger partial charge < -0.3 is 49.2 Å². The molecule has 1 amide bonds. The lowest BCUT2D eigenvalue weighted by molar-refractivity contribution is -0.296. The molecule has 0 spiro atoms. The highest BCUT2D eigenvalue weighted by molar-refractivity contribution is 7.12. The number of thiophene rings is 1. The molecule has 3 N–H and O–H groups in total. The number of aliphatic hydroxyl groups excluding tert-OH is 1. The first-order valence-corrected chi connectivity index (χ1v) is 20.4. The number of aliphatic hydroxyl groups is 1. The standard InChI is InChI=1S/C41H60N4O10S/c1-12-30-41(8)34(43-39(50)55-41)24(4)31(46)22(2)21-40(7,51-19-13-14-27-15-16-29(56-27)36-42-17-18-45(36)11)35(25(5)32(47)26(6)37(49)53-30)54-38-33(48)28(44(9)10)20-23(3)52-38/h15-18,22-26,28,30,33-36,38,42,48H,12,19-21H2,1-11H3,(H,43,50)/t22-,23-,24-,25+,26-,28+,30+,33-,34-,35-,36?,38+,40?,41-/m1/s1. The minimum absolute atomic E-state index is 0.0236. The molecule has 1 aromatic heterocycles. The van der Waals surface area contributed by atoms with Gasteiger partial charge in [-0.25, -0.2) is 4.79 Å². The Bertz CT molecular complexity index is 1710. The summed E-state index contributed by atoms with van der Waals surface area (Å²) >= 11 is 1.56. The number of likely N-dealkylation sites (N-methyl/N-ethyl adjacent to an activating group) is 1. The van der Waals surface area contributed by atoms with E-state index in [4.69, 9.17) is 23.7 Å². The fourth-order valence-electron chi connectivity index (χ4n) is 8.76. The molecule has 5 rings (SSSR count). The molecular formula is C41H60N4O10S. The van der Waals surface area contributed by atoms with Crippen molar-refractivity contribution >= 4 is 35.0 Å². The quantitative estimate of drug-likeness (QED) is 0.207. The van der Waals surface area contributed by atoms with E-state index in [2.05, 4.69) is 27.4 Å². The van der Waals surface area contributed by atoms with Crippen molar-refractivity contribution in [3.05, 3.63) is 34.3 Å². The Morgan fingerprint density at radius 3 is 2.43 bits per heavy atom. The van der Waals surface area contributed by atoms with Crippen LogP contribution in [0.15, 0.2) is 24.5 Å². The van der Waals surface area contributed by atoms with Gasteiger partial charge in [0, 0.05) is 48.1 Å². The molecule has 4 aliphatic rings. The second-order valence-electron chi connectivity index (χ2n) is 16.5. The SMILES string of the molecule is CC[C@@H]1OC(=O)[C@H](C)C(=O)[C@H](C)[C@@H](O[C@@H]2O[C@H](C)C[C@H](N(C)C)[C@H]2O)C(C)(OCC#Cc2ccc(C3NC=CN3C)s2)C[C@@H](C)C(=O)[C@@H](C)[C@H]2NC(=O)O[C@]12C. The van der Waals surface area contributed by atoms with Crippen LogP contribution in [0.25, 0.3) is 0 Å². The summed E-state index contributed by atoms with van der Waals surface area (Å²) in [4.78, 5) is 61.3. The zero-order valence-corrected chi connectivity index (χ0v) is 35.3. The van der Waals surface area contributed by atoms with Gasteiger partial charge in [0.25, 0.3) is 0 Å². The van der Waals surface area contributed by atoms with Crippen molar-refractivity contribution in [2.45, 2.75) is 135 Å². The average molecular weight is 801 g/mol. The van der Waals surface area contributed by atoms with E-state index >= 15 is 0 Å². The predicted molar refractivity (Wildman–Crippen MR) is 209 cm³/mol. The number of cyclic esters (lactones) is 1. The lowest BCUT2D eigenvalue weighted by Crippen LogP contribution is -2.60. The Hall–Kier alpha value is -3.52. The lowest BCUT2D eigenvalue weighted by atomic mass is 9.73. The van der Waals surface area contributed by atoms with E-state index < -0.39 is 83.4 Å². The van der Waals surface area contributed by atoms with Crippen molar-refractivity contribution in [1.82, 2.24) is 20.4 Å². The Labute approximate surface area is 334 Å². The molecule has 15 heteroatoms. The third-order valence-electron chi connectivity index (χ3n) is 12.0. The lowest BCUT2D eigenvalue weighted by Gasteiger charge is -2.47. The summed E-state index contributed by atoms with van der Waals surface area (Å²) in [5.41, 5.74) is -2.78. The first-order valence-electron chi connectivity index (χ1n) is 19.6. The molecule has 1 aromatic rings. The third-order valence-corrected chi connectivity index (χ3v) is 13.1. The van der Waals surface area contributed by atoms with Crippen molar-refractivity contribution < 1.29 is 48.0 Å². The Morgan fingerprint density at radius 2 is 1.79 bits per heavy atom. The van der Waals surface area contributed by atoms with E-state index in [0.717, 1.165) is 9.75 Å². The maximum Gasteiger partial charge on any atom is 0.408 e. The molecule has 2 unspecified atom stereocenters. The van der Waals surface area contributed by atoms with Gasteiger partial charge in [-0.15, -0.1) is 11.3 Å². The highest BCUT2D eigenvalue weighted by Crippen LogP contribution is 2.40. The summed E-state index contributed by atoms with van der Waals surface area (Å²) in [6.45, 7) is 13.6. The van der Waals surface area contributed by atoms with E-state index in [1.165, 1.54) is 6.92 Å². The number of fused-ring (bicyclic) bond motifs is 1. The topological polar surface area (TPSA) is 165 Å². The number of carbonyl (C=O) groups excluding carboxylic acids is 4. The largest absolute Gasteiger partial charge is 0.458 e. The molecule has 0 bridgehead atoms. The number of rotatable bonds is 7. The fourth-order valence-corrected chi connectivity index (χ4v) is 9.75. The monoisotopic (exact) mass is 800 g/mol. The summed E-state index contributed by atoms with van der Waals surface area (Å²) in [6, 6.07) is 2.83. The zero-order valence-electron chi connectivity index (χ0n) is 34.5. The number of nitrogens with zero attached hydrogens (tertiary/aromatic N) is 2. The maximum absolute atomic E-state index is 14.4. The molecule has 5 heterocycles. The van der Waals surface area contributed by atoms with Gasteiger partial charge in [0.15, 0.2) is 17.7 Å². The van der Waals surface area contributed by atoms with Crippen LogP contribution in [0.1, 0.15) is 90.6 Å². The van der Waals surface area contributed by atoms with Gasteiger partial charge in [-0.3, -0.25) is 14.4 Å². The number of amides is 1. The first kappa shape index (κ1) is 43.6. The van der Waals surface area contributed by atoms with E-state index in [-0.39, 0.29) is 43.5 Å². The van der Waals surface area contributed by atoms with E-state index in [0.29, 0.717) is 6.42 Å². The van der Waals surface area contributed by atoms with Gasteiger partial charge in [0.05, 0.1) is 28.7 Å². The minimum atomic E-state index is -1.39. The third kappa shape index (κ3) is 8.95. The smallest absolute Gasteiger partial charge is 0.408 e. The number of ether oxygens (including phenoxy) is 5. The summed E-state index contributed by atoms with van der Waals surface area (Å²) < 4.78 is 31.3. The average Bonchev–Trinajstić information content (AvgIpc) is 3.88. The van der Waals surface area contributed by atoms with Gasteiger partial charge in [0.1, 0.15) is 36.7 Å². The van der Waals surface area contributed by atoms with Crippen molar-refractivity contribution in [3.63, 3.8) is 0 Å². The van der Waals surface area contributed by atoms with Crippen LogP contribution < -0.4 is 10.6 Å². The van der Waals surface area contributed by atoms with Crippen molar-refractivity contribution in [1.29, 1.82) is 0 Å². The second-order valence-corrected chi connectivity index (χ2v) is 17.6. The van der Waals surface area contributed by atoms with E-state index in [1.54, 1.807) is 52.9 Å². The van der Waals surface area contributed by atoms with Crippen LogP contribution >= 0.6 is 11.3 Å². The minimum Gasteiger partial charge on any atom is -0.458 e. The van der Waals surface area contributed by atoms with Crippen LogP contribution in [0.2, 0.25) is 0 Å². The van der Waals surface area contributed by atoms with Crippen molar-refractivity contribution in [3.8, 4) is 11.8 Å². The Morgan fingerprint density at radius 1 is 1.07 bits per heavy atom. The van der Waals surface area contributed by atoms with E-state index in [1.807, 2.05) is 57.5 Å². The summed E-state index contributed by atoms with van der Waals surface area (Å²) in [5, 5.41) is 17.7. The zero-order chi connectivity index (χ0) is 41.3. The van der Waals surface area contributed by atoms with E-state index in [9.17, 15) is 24.3 Å². The molecule has 0 radical (unpaired) electrons. The van der Waals surface area contributed by atoms with Crippen LogP contribution in [0.5, 0.6) is 0 Å².